The fraction of sp³-hybridized carbons (Fsp3) is 0.333. The molecule has 28 heavy (non-hydrogen) atoms. The van der Waals surface area contributed by atoms with Crippen LogP contribution < -0.4 is 20.1 Å². The molecule has 0 spiro atoms. The summed E-state index contributed by atoms with van der Waals surface area (Å²) >= 11 is 8.72. The van der Waals surface area contributed by atoms with E-state index in [4.69, 9.17) is 21.7 Å². The molecule has 0 atom stereocenters. The van der Waals surface area contributed by atoms with E-state index in [0.717, 1.165) is 0 Å². The molecule has 0 radical (unpaired) electrons. The highest BCUT2D eigenvalue weighted by Crippen LogP contribution is 2.27. The van der Waals surface area contributed by atoms with Crippen molar-refractivity contribution in [1.82, 2.24) is 5.32 Å². The smallest absolute Gasteiger partial charge is 0.257 e. The first-order chi connectivity index (χ1) is 13.3. The number of hydrogen-bond donors (Lipinski definition) is 2. The lowest BCUT2D eigenvalue weighted by molar-refractivity contribution is 0.0977. The Hall–Kier alpha value is -2.12. The second kappa shape index (κ2) is 10.4. The van der Waals surface area contributed by atoms with Gasteiger partial charge in [-0.15, -0.1) is 0 Å². The highest BCUT2D eigenvalue weighted by Gasteiger charge is 2.13. The predicted molar refractivity (Wildman–Crippen MR) is 120 cm³/mol. The second-order valence-electron chi connectivity index (χ2n) is 6.92. The van der Waals surface area contributed by atoms with Gasteiger partial charge in [0.15, 0.2) is 5.11 Å². The van der Waals surface area contributed by atoms with Crippen LogP contribution in [0.5, 0.6) is 11.5 Å². The molecule has 0 unspecified atom stereocenters. The summed E-state index contributed by atoms with van der Waals surface area (Å²) in [4.78, 5) is 12.5. The van der Waals surface area contributed by atoms with Crippen LogP contribution in [0.4, 0.5) is 5.69 Å². The lowest BCUT2D eigenvalue weighted by Gasteiger charge is -2.16. The van der Waals surface area contributed by atoms with Crippen LogP contribution in [0.15, 0.2) is 46.9 Å². The van der Waals surface area contributed by atoms with Gasteiger partial charge >= 0.3 is 0 Å². The number of benzene rings is 2. The molecule has 2 N–H and O–H groups in total. The summed E-state index contributed by atoms with van der Waals surface area (Å²) in [5.41, 5.74) is 1.17. The van der Waals surface area contributed by atoms with Crippen LogP contribution in [0.25, 0.3) is 0 Å². The van der Waals surface area contributed by atoms with Crippen molar-refractivity contribution in [2.45, 2.75) is 33.8 Å². The fourth-order valence-electron chi connectivity index (χ4n) is 2.27. The first kappa shape index (κ1) is 22.2. The zero-order valence-corrected chi connectivity index (χ0v) is 18.8. The number of para-hydroxylation sites is 2. The molecule has 0 aliphatic rings. The van der Waals surface area contributed by atoms with Crippen molar-refractivity contribution in [2.24, 2.45) is 5.92 Å². The quantitative estimate of drug-likeness (QED) is 0.537. The van der Waals surface area contributed by atoms with Gasteiger partial charge in [0.05, 0.1) is 22.9 Å². The Kier molecular flexibility index (Phi) is 8.26. The lowest BCUT2D eigenvalue weighted by atomic mass is 10.2. The number of rotatable bonds is 7. The molecule has 0 bridgehead atoms. The van der Waals surface area contributed by atoms with Gasteiger partial charge in [0.25, 0.3) is 5.91 Å². The van der Waals surface area contributed by atoms with E-state index in [1.54, 1.807) is 18.2 Å². The molecule has 0 aliphatic heterocycles. The molecule has 0 saturated carbocycles. The van der Waals surface area contributed by atoms with Crippen LogP contribution in [0.1, 0.15) is 38.1 Å². The summed E-state index contributed by atoms with van der Waals surface area (Å²) in [5, 5.41) is 5.91. The molecule has 0 heterocycles. The maximum Gasteiger partial charge on any atom is 0.257 e. The van der Waals surface area contributed by atoms with Gasteiger partial charge in [-0.1, -0.05) is 26.0 Å². The minimum absolute atomic E-state index is 0.0470. The van der Waals surface area contributed by atoms with E-state index in [-0.39, 0.29) is 17.1 Å². The van der Waals surface area contributed by atoms with Crippen LogP contribution in [0.2, 0.25) is 0 Å². The number of amides is 1. The molecule has 5 nitrogen and oxygen atoms in total. The lowest BCUT2D eigenvalue weighted by Crippen LogP contribution is -2.34. The summed E-state index contributed by atoms with van der Waals surface area (Å²) in [6.45, 7) is 8.64. The number of thiocarbonyl (C=S) groups is 1. The van der Waals surface area contributed by atoms with Gasteiger partial charge in [0, 0.05) is 5.56 Å². The zero-order valence-electron chi connectivity index (χ0n) is 16.4. The Morgan fingerprint density at radius 3 is 2.46 bits per heavy atom. The second-order valence-corrected chi connectivity index (χ2v) is 8.18. The van der Waals surface area contributed by atoms with E-state index in [9.17, 15) is 4.79 Å². The summed E-state index contributed by atoms with van der Waals surface area (Å²) in [7, 11) is 0. The normalized spacial score (nSPS) is 10.7. The van der Waals surface area contributed by atoms with Crippen molar-refractivity contribution in [3.8, 4) is 11.5 Å². The van der Waals surface area contributed by atoms with Crippen LogP contribution >= 0.6 is 28.1 Å². The maximum absolute atomic E-state index is 12.5. The van der Waals surface area contributed by atoms with Crippen molar-refractivity contribution < 1.29 is 14.3 Å². The standard InChI is InChI=1S/C21H25BrN2O3S/c1-13(2)12-26-19-8-6-5-7-17(19)23-21(28)24-20(25)15-9-10-18(16(22)11-15)27-14(3)4/h5-11,13-14H,12H2,1-4H3,(H2,23,24,25,28). The topological polar surface area (TPSA) is 59.6 Å². The van der Waals surface area contributed by atoms with E-state index in [2.05, 4.69) is 40.4 Å². The average molecular weight is 465 g/mol. The molecule has 0 aromatic heterocycles. The van der Waals surface area contributed by atoms with Crippen LogP contribution in [-0.2, 0) is 0 Å². The van der Waals surface area contributed by atoms with Gasteiger partial charge in [0.1, 0.15) is 11.5 Å². The van der Waals surface area contributed by atoms with Crippen molar-refractivity contribution >= 4 is 44.9 Å². The van der Waals surface area contributed by atoms with Gasteiger partial charge in [-0.2, -0.15) is 0 Å². The van der Waals surface area contributed by atoms with E-state index >= 15 is 0 Å². The average Bonchev–Trinajstić information content (AvgIpc) is 2.62. The third-order valence-electron chi connectivity index (χ3n) is 3.49. The van der Waals surface area contributed by atoms with Gasteiger partial charge in [-0.05, 0) is 78.2 Å². The highest BCUT2D eigenvalue weighted by molar-refractivity contribution is 9.10. The third kappa shape index (κ3) is 6.80. The Morgan fingerprint density at radius 1 is 1.11 bits per heavy atom. The van der Waals surface area contributed by atoms with Gasteiger partial charge in [-0.25, -0.2) is 0 Å². The molecular formula is C21H25BrN2O3S. The monoisotopic (exact) mass is 464 g/mol. The Labute approximate surface area is 179 Å². The van der Waals surface area contributed by atoms with Crippen molar-refractivity contribution in [3.63, 3.8) is 0 Å². The molecule has 0 aliphatic carbocycles. The predicted octanol–water partition coefficient (Wildman–Crippen LogP) is 5.40. The summed E-state index contributed by atoms with van der Waals surface area (Å²) in [5.74, 6) is 1.46. The molecule has 2 aromatic carbocycles. The number of nitrogens with one attached hydrogen (secondary N) is 2. The Morgan fingerprint density at radius 2 is 1.82 bits per heavy atom. The number of hydrogen-bond acceptors (Lipinski definition) is 4. The molecule has 2 rings (SSSR count). The largest absolute Gasteiger partial charge is 0.491 e. The van der Waals surface area contributed by atoms with Crippen molar-refractivity contribution in [1.29, 1.82) is 0 Å². The number of halogens is 1. The first-order valence-corrected chi connectivity index (χ1v) is 10.3. The Balaban J connectivity index is 2.02. The molecular weight excluding hydrogens is 440 g/mol. The molecule has 0 fully saturated rings. The maximum atomic E-state index is 12.5. The van der Waals surface area contributed by atoms with Gasteiger partial charge in [-0.3, -0.25) is 10.1 Å². The number of ether oxygens (including phenoxy) is 2. The molecule has 150 valence electrons. The molecule has 2 aromatic rings. The van der Waals surface area contributed by atoms with Crippen molar-refractivity contribution in [3.05, 3.63) is 52.5 Å². The van der Waals surface area contributed by atoms with Gasteiger partial charge < -0.3 is 14.8 Å². The minimum atomic E-state index is -0.310. The Bertz CT molecular complexity index is 840. The number of carbonyl (C=O) groups excluding carboxylic acids is 1. The summed E-state index contributed by atoms with van der Waals surface area (Å²) < 4.78 is 12.2. The minimum Gasteiger partial charge on any atom is -0.491 e. The van der Waals surface area contributed by atoms with Gasteiger partial charge in [0.2, 0.25) is 0 Å². The van der Waals surface area contributed by atoms with Crippen LogP contribution in [0.3, 0.4) is 0 Å². The first-order valence-electron chi connectivity index (χ1n) is 9.06. The summed E-state index contributed by atoms with van der Waals surface area (Å²) in [6.07, 6.45) is 0.0470. The zero-order chi connectivity index (χ0) is 20.7. The highest BCUT2D eigenvalue weighted by atomic mass is 79.9. The SMILES string of the molecule is CC(C)COc1ccccc1NC(=S)NC(=O)c1ccc(OC(C)C)c(Br)c1. The molecule has 7 heteroatoms. The van der Waals surface area contributed by atoms with E-state index < -0.39 is 0 Å². The molecule has 1 amide bonds. The van der Waals surface area contributed by atoms with E-state index in [0.29, 0.717) is 39.7 Å². The van der Waals surface area contributed by atoms with Crippen LogP contribution in [-0.4, -0.2) is 23.7 Å². The number of carbonyl (C=O) groups is 1. The van der Waals surface area contributed by atoms with Crippen molar-refractivity contribution in [2.75, 3.05) is 11.9 Å². The summed E-state index contributed by atoms with van der Waals surface area (Å²) in [6, 6.07) is 12.6. The van der Waals surface area contributed by atoms with E-state index in [1.807, 2.05) is 38.1 Å². The third-order valence-corrected chi connectivity index (χ3v) is 4.32. The number of anilines is 1. The van der Waals surface area contributed by atoms with Crippen LogP contribution in [0, 0.1) is 5.92 Å². The van der Waals surface area contributed by atoms with E-state index in [1.165, 1.54) is 0 Å². The fourth-order valence-corrected chi connectivity index (χ4v) is 2.95. The molecule has 0 saturated heterocycles.